The lowest BCUT2D eigenvalue weighted by Crippen LogP contribution is -2.34. The molecule has 1 rings (SSSR count). The first kappa shape index (κ1) is 15.2. The number of benzene rings is 1. The molecule has 0 N–H and O–H groups in total. The van der Waals surface area contributed by atoms with E-state index in [-0.39, 0.29) is 18.3 Å². The minimum atomic E-state index is -0.290. The molecule has 1 aromatic rings. The fraction of sp³-hybridized carbons (Fsp3) is 0.467. The first-order valence-electron chi connectivity index (χ1n) is 6.47. The van der Waals surface area contributed by atoms with Crippen LogP contribution in [0, 0.1) is 6.92 Å². The van der Waals surface area contributed by atoms with Crippen LogP contribution in [0.1, 0.15) is 24.5 Å². The van der Waals surface area contributed by atoms with Crippen molar-refractivity contribution in [3.63, 3.8) is 0 Å². The number of hydrogen-bond donors (Lipinski definition) is 0. The molecule has 0 heterocycles. The molecule has 0 atom stereocenters. The maximum atomic E-state index is 12.1. The summed E-state index contributed by atoms with van der Waals surface area (Å²) in [6, 6.07) is 7.91. The molecule has 0 aliphatic carbocycles. The number of rotatable bonds is 6. The van der Waals surface area contributed by atoms with E-state index in [9.17, 15) is 9.59 Å². The van der Waals surface area contributed by atoms with Crippen LogP contribution in [0.3, 0.4) is 0 Å². The third kappa shape index (κ3) is 5.12. The summed E-state index contributed by atoms with van der Waals surface area (Å²) < 4.78 is 4.58. The molecule has 0 aliphatic rings. The van der Waals surface area contributed by atoms with Gasteiger partial charge in [0.1, 0.15) is 0 Å². The number of methoxy groups -OCH3 is 1. The van der Waals surface area contributed by atoms with Crippen molar-refractivity contribution in [3.05, 3.63) is 35.4 Å². The zero-order chi connectivity index (χ0) is 14.3. The van der Waals surface area contributed by atoms with Crippen LogP contribution < -0.4 is 0 Å². The van der Waals surface area contributed by atoms with Gasteiger partial charge in [0.05, 0.1) is 20.0 Å². The number of nitrogens with zero attached hydrogens (tertiary/aromatic N) is 1. The van der Waals surface area contributed by atoms with E-state index in [1.807, 2.05) is 38.1 Å². The van der Waals surface area contributed by atoms with Crippen LogP contribution in [-0.2, 0) is 20.7 Å². The number of hydrogen-bond acceptors (Lipinski definition) is 3. The summed E-state index contributed by atoms with van der Waals surface area (Å²) in [5, 5.41) is 0. The normalized spacial score (nSPS) is 10.1. The molecule has 4 heteroatoms. The Hall–Kier alpha value is -1.84. The van der Waals surface area contributed by atoms with Crippen molar-refractivity contribution in [2.75, 3.05) is 20.2 Å². The van der Waals surface area contributed by atoms with Crippen molar-refractivity contribution < 1.29 is 14.3 Å². The molecule has 0 aromatic heterocycles. The fourth-order valence-electron chi connectivity index (χ4n) is 1.78. The summed E-state index contributed by atoms with van der Waals surface area (Å²) in [6.45, 7) is 4.93. The van der Waals surface area contributed by atoms with Crippen LogP contribution >= 0.6 is 0 Å². The highest BCUT2D eigenvalue weighted by Crippen LogP contribution is 2.06. The Kier molecular flexibility index (Phi) is 6.06. The smallest absolute Gasteiger partial charge is 0.307 e. The topological polar surface area (TPSA) is 46.6 Å². The zero-order valence-corrected chi connectivity index (χ0v) is 11.8. The van der Waals surface area contributed by atoms with E-state index in [1.54, 1.807) is 4.90 Å². The molecule has 19 heavy (non-hydrogen) atoms. The number of amides is 1. The van der Waals surface area contributed by atoms with Gasteiger partial charge >= 0.3 is 5.97 Å². The Labute approximate surface area is 114 Å². The van der Waals surface area contributed by atoms with Crippen LogP contribution in [0.5, 0.6) is 0 Å². The van der Waals surface area contributed by atoms with Crippen molar-refractivity contribution in [2.24, 2.45) is 0 Å². The molecule has 104 valence electrons. The predicted octanol–water partition coefficient (Wildman–Crippen LogP) is 1.95. The van der Waals surface area contributed by atoms with Crippen LogP contribution in [0.4, 0.5) is 0 Å². The molecule has 1 aromatic carbocycles. The standard InChI is InChI=1S/C15H21NO3/c1-4-16(10-9-15(18)19-3)14(17)11-13-7-5-12(2)6-8-13/h5-8H,4,9-11H2,1-3H3. The third-order valence-corrected chi connectivity index (χ3v) is 3.02. The summed E-state index contributed by atoms with van der Waals surface area (Å²) in [4.78, 5) is 24.9. The fourth-order valence-corrected chi connectivity index (χ4v) is 1.78. The zero-order valence-electron chi connectivity index (χ0n) is 11.8. The van der Waals surface area contributed by atoms with Crippen molar-refractivity contribution in [2.45, 2.75) is 26.7 Å². The van der Waals surface area contributed by atoms with Crippen LogP contribution in [0.2, 0.25) is 0 Å². The summed E-state index contributed by atoms with van der Waals surface area (Å²) in [6.07, 6.45) is 0.610. The lowest BCUT2D eigenvalue weighted by molar-refractivity contribution is -0.141. The molecule has 1 amide bonds. The highest BCUT2D eigenvalue weighted by Gasteiger charge is 2.13. The van der Waals surface area contributed by atoms with Gasteiger partial charge in [0.15, 0.2) is 0 Å². The lowest BCUT2D eigenvalue weighted by atomic mass is 10.1. The first-order valence-corrected chi connectivity index (χ1v) is 6.47. The Morgan fingerprint density at radius 2 is 1.84 bits per heavy atom. The molecule has 0 bridgehead atoms. The van der Waals surface area contributed by atoms with Gasteiger partial charge in [-0.25, -0.2) is 0 Å². The summed E-state index contributed by atoms with van der Waals surface area (Å²) in [5.74, 6) is -0.253. The van der Waals surface area contributed by atoms with E-state index in [0.717, 1.165) is 5.56 Å². The Morgan fingerprint density at radius 1 is 1.21 bits per heavy atom. The van der Waals surface area contributed by atoms with E-state index in [0.29, 0.717) is 19.5 Å². The van der Waals surface area contributed by atoms with Crippen molar-refractivity contribution in [1.29, 1.82) is 0 Å². The van der Waals surface area contributed by atoms with Crippen molar-refractivity contribution in [3.8, 4) is 0 Å². The van der Waals surface area contributed by atoms with Gasteiger partial charge in [0.2, 0.25) is 5.91 Å². The Morgan fingerprint density at radius 3 is 2.37 bits per heavy atom. The third-order valence-electron chi connectivity index (χ3n) is 3.02. The van der Waals surface area contributed by atoms with Gasteiger partial charge in [-0.3, -0.25) is 9.59 Å². The van der Waals surface area contributed by atoms with Gasteiger partial charge in [-0.15, -0.1) is 0 Å². The second-order valence-corrected chi connectivity index (χ2v) is 4.46. The largest absolute Gasteiger partial charge is 0.469 e. The second-order valence-electron chi connectivity index (χ2n) is 4.46. The Bertz CT molecular complexity index is 426. The number of ether oxygens (including phenoxy) is 1. The maximum Gasteiger partial charge on any atom is 0.307 e. The van der Waals surface area contributed by atoms with Crippen molar-refractivity contribution in [1.82, 2.24) is 4.90 Å². The van der Waals surface area contributed by atoms with E-state index in [2.05, 4.69) is 4.74 Å². The second kappa shape index (κ2) is 7.56. The number of carbonyl (C=O) groups is 2. The van der Waals surface area contributed by atoms with Gasteiger partial charge in [0, 0.05) is 13.1 Å². The van der Waals surface area contributed by atoms with Crippen LogP contribution in [0.15, 0.2) is 24.3 Å². The molecule has 0 fully saturated rings. The van der Waals surface area contributed by atoms with E-state index < -0.39 is 0 Å². The predicted molar refractivity (Wildman–Crippen MR) is 73.8 cm³/mol. The summed E-state index contributed by atoms with van der Waals surface area (Å²) >= 11 is 0. The highest BCUT2D eigenvalue weighted by molar-refractivity contribution is 5.79. The Balaban J connectivity index is 2.53. The molecule has 0 spiro atoms. The minimum absolute atomic E-state index is 0.0373. The maximum absolute atomic E-state index is 12.1. The molecule has 0 saturated carbocycles. The number of likely N-dealkylation sites (N-methyl/N-ethyl adjacent to an activating group) is 1. The molecule has 0 radical (unpaired) electrons. The van der Waals surface area contributed by atoms with Crippen LogP contribution in [-0.4, -0.2) is 37.0 Å². The monoisotopic (exact) mass is 263 g/mol. The number of esters is 1. The average molecular weight is 263 g/mol. The number of carbonyl (C=O) groups excluding carboxylic acids is 2. The van der Waals surface area contributed by atoms with E-state index in [1.165, 1.54) is 12.7 Å². The molecule has 0 saturated heterocycles. The van der Waals surface area contributed by atoms with Gasteiger partial charge < -0.3 is 9.64 Å². The van der Waals surface area contributed by atoms with Gasteiger partial charge in [0.25, 0.3) is 0 Å². The molecule has 0 aliphatic heterocycles. The highest BCUT2D eigenvalue weighted by atomic mass is 16.5. The molecule has 4 nitrogen and oxygen atoms in total. The van der Waals surface area contributed by atoms with Gasteiger partial charge in [-0.05, 0) is 19.4 Å². The average Bonchev–Trinajstić information content (AvgIpc) is 2.41. The number of aryl methyl sites for hydroxylation is 1. The van der Waals surface area contributed by atoms with Gasteiger partial charge in [-0.1, -0.05) is 29.8 Å². The van der Waals surface area contributed by atoms with E-state index in [4.69, 9.17) is 0 Å². The lowest BCUT2D eigenvalue weighted by Gasteiger charge is -2.20. The van der Waals surface area contributed by atoms with Crippen molar-refractivity contribution >= 4 is 11.9 Å². The van der Waals surface area contributed by atoms with E-state index >= 15 is 0 Å². The quantitative estimate of drug-likeness (QED) is 0.737. The summed E-state index contributed by atoms with van der Waals surface area (Å²) in [7, 11) is 1.35. The van der Waals surface area contributed by atoms with Crippen LogP contribution in [0.25, 0.3) is 0 Å². The minimum Gasteiger partial charge on any atom is -0.469 e. The first-order chi connectivity index (χ1) is 9.06. The summed E-state index contributed by atoms with van der Waals surface area (Å²) in [5.41, 5.74) is 2.17. The van der Waals surface area contributed by atoms with Gasteiger partial charge in [-0.2, -0.15) is 0 Å². The molecule has 0 unspecified atom stereocenters. The SMILES string of the molecule is CCN(CCC(=O)OC)C(=O)Cc1ccc(C)cc1. The molecular formula is C15H21NO3. The molecular weight excluding hydrogens is 242 g/mol.